The van der Waals surface area contributed by atoms with Crippen molar-refractivity contribution in [1.82, 2.24) is 0 Å². The van der Waals surface area contributed by atoms with Crippen LogP contribution in [0.25, 0.3) is 0 Å². The summed E-state index contributed by atoms with van der Waals surface area (Å²) in [6.07, 6.45) is 0. The Morgan fingerprint density at radius 3 is 1.60 bits per heavy atom. The first-order valence-corrected chi connectivity index (χ1v) is 9.20. The van der Waals surface area contributed by atoms with Crippen LogP contribution in [0.15, 0.2) is 0 Å². The predicted octanol–water partition coefficient (Wildman–Crippen LogP) is -1.19. The van der Waals surface area contributed by atoms with Crippen molar-refractivity contribution < 1.29 is 64.0 Å². The van der Waals surface area contributed by atoms with Crippen molar-refractivity contribution in [2.24, 2.45) is 0 Å². The molecule has 0 aromatic heterocycles. The molecule has 0 heterocycles. The fraction of sp³-hybridized carbons (Fsp3) is 0. The Bertz CT molecular complexity index is 11.6. The molecule has 0 spiro atoms. The molecular weight excluding hydrogens is 399 g/mol. The van der Waals surface area contributed by atoms with Crippen molar-refractivity contribution in [1.29, 1.82) is 0 Å². The molecule has 0 aliphatic heterocycles. The monoisotopic (exact) mass is 401 g/mol. The van der Waals surface area contributed by atoms with Gasteiger partial charge in [0.2, 0.25) is 0 Å². The summed E-state index contributed by atoms with van der Waals surface area (Å²) < 4.78 is 0. The minimum absolute atomic E-state index is 0. The third-order valence-electron chi connectivity index (χ3n) is 0. The van der Waals surface area contributed by atoms with Gasteiger partial charge in [0, 0.05) is 33.6 Å². The van der Waals surface area contributed by atoms with Crippen LogP contribution in [0.3, 0.4) is 0 Å². The van der Waals surface area contributed by atoms with Crippen LogP contribution < -0.4 is 0 Å². The molecule has 0 saturated heterocycles. The summed E-state index contributed by atoms with van der Waals surface area (Å²) in [6, 6.07) is 0. The maximum atomic E-state index is 2.55. The number of hydrogen-bond donors (Lipinski definition) is 0. The van der Waals surface area contributed by atoms with Gasteiger partial charge >= 0.3 is 39.3 Å². The van der Waals surface area contributed by atoms with E-state index in [9.17, 15) is 0 Å². The van der Waals surface area contributed by atoms with Crippen LogP contribution in [-0.2, 0) is 64.0 Å². The summed E-state index contributed by atoms with van der Waals surface area (Å²) in [7, 11) is 1.41. The SMILES string of the molecule is [Cu].[Ni].[SiH3][Cr][Au]. The zero-order chi connectivity index (χ0) is 2.71. The van der Waals surface area contributed by atoms with E-state index in [-0.39, 0.29) is 33.6 Å². The van der Waals surface area contributed by atoms with E-state index in [2.05, 4.69) is 18.8 Å². The average Bonchev–Trinajstić information content (AvgIpc) is 0.918. The van der Waals surface area contributed by atoms with Gasteiger partial charge < -0.3 is 0 Å². The molecule has 0 aromatic rings. The normalized spacial score (nSPS) is 4.40. The molecule has 0 aromatic carbocycles. The van der Waals surface area contributed by atoms with Gasteiger partial charge in [-0.1, -0.05) is 0 Å². The summed E-state index contributed by atoms with van der Waals surface area (Å²) in [5.74, 6) is 0. The average molecular weight is 402 g/mol. The molecule has 0 N–H and O–H groups in total. The quantitative estimate of drug-likeness (QED) is 0.447. The molecule has 0 nitrogen and oxygen atoms in total. The van der Waals surface area contributed by atoms with E-state index >= 15 is 0 Å². The number of hydrogen-bond acceptors (Lipinski definition) is 0. The van der Waals surface area contributed by atoms with Crippen molar-refractivity contribution >= 4 is 8.80 Å². The molecule has 0 aliphatic rings. The van der Waals surface area contributed by atoms with Gasteiger partial charge in [-0.2, -0.15) is 0 Å². The first kappa shape index (κ1) is 15.6. The third-order valence-corrected chi connectivity index (χ3v) is 0. The van der Waals surface area contributed by atoms with Crippen molar-refractivity contribution in [3.05, 3.63) is 0 Å². The third kappa shape index (κ3) is 21.0. The summed E-state index contributed by atoms with van der Waals surface area (Å²) in [5, 5.41) is 0. The molecule has 0 bridgehead atoms. The zero-order valence-corrected chi connectivity index (χ0v) is 9.70. The Morgan fingerprint density at radius 2 is 1.60 bits per heavy atom. The van der Waals surface area contributed by atoms with E-state index in [1.807, 2.05) is 0 Å². The molecule has 0 amide bonds. The van der Waals surface area contributed by atoms with Crippen LogP contribution in [0.4, 0.5) is 0 Å². The van der Waals surface area contributed by atoms with Gasteiger partial charge in [-0.15, -0.1) is 0 Å². The fourth-order valence-electron chi connectivity index (χ4n) is 0. The van der Waals surface area contributed by atoms with Crippen LogP contribution in [0.5, 0.6) is 0 Å². The van der Waals surface area contributed by atoms with E-state index in [1.165, 1.54) is 8.80 Å². The van der Waals surface area contributed by atoms with E-state index in [0.29, 0.717) is 0 Å². The van der Waals surface area contributed by atoms with Gasteiger partial charge in [0.15, 0.2) is 0 Å². The molecule has 0 aliphatic carbocycles. The fourth-order valence-corrected chi connectivity index (χ4v) is 0. The molecule has 0 unspecified atom stereocenters. The molecule has 1 radical (unpaired) electrons. The molecular formula is H3AuCrCuNiSi. The van der Waals surface area contributed by atoms with Gasteiger partial charge in [-0.3, -0.25) is 0 Å². The Labute approximate surface area is 71.9 Å². The van der Waals surface area contributed by atoms with Crippen LogP contribution in [0, 0.1) is 0 Å². The predicted molar refractivity (Wildman–Crippen MR) is 9.94 cm³/mol. The summed E-state index contributed by atoms with van der Waals surface area (Å²) in [4.78, 5) is 0. The molecule has 0 rings (SSSR count). The zero-order valence-electron chi connectivity index (χ0n) is 2.33. The topological polar surface area (TPSA) is 0 Å². The van der Waals surface area contributed by atoms with E-state index in [4.69, 9.17) is 0 Å². The Kier molecular flexibility index (Phi) is 50.2. The van der Waals surface area contributed by atoms with Crippen LogP contribution >= 0.6 is 0 Å². The number of rotatable bonds is 0. The van der Waals surface area contributed by atoms with Gasteiger partial charge in [0.05, 0.1) is 0 Å². The molecule has 0 fully saturated rings. The van der Waals surface area contributed by atoms with Gasteiger partial charge in [-0.25, -0.2) is 0 Å². The van der Waals surface area contributed by atoms with E-state index in [0.717, 1.165) is 11.6 Å². The summed E-state index contributed by atoms with van der Waals surface area (Å²) in [6.45, 7) is 0. The van der Waals surface area contributed by atoms with E-state index < -0.39 is 0 Å². The van der Waals surface area contributed by atoms with E-state index in [1.54, 1.807) is 0 Å². The first-order chi connectivity index (χ1) is 1.41. The molecule has 0 atom stereocenters. The van der Waals surface area contributed by atoms with Crippen LogP contribution in [0.2, 0.25) is 0 Å². The molecule has 45 valence electrons. The van der Waals surface area contributed by atoms with Crippen molar-refractivity contribution in [3.8, 4) is 0 Å². The second-order valence-corrected chi connectivity index (χ2v) is 12.5. The second kappa shape index (κ2) is 16.0. The summed E-state index contributed by atoms with van der Waals surface area (Å²) >= 11 is 3.51. The Hall–Kier alpha value is 2.50. The van der Waals surface area contributed by atoms with Crippen molar-refractivity contribution in [2.75, 3.05) is 0 Å². The molecule has 0 saturated carbocycles. The second-order valence-electron chi connectivity index (χ2n) is 0.123. The molecule has 5 heavy (non-hydrogen) atoms. The van der Waals surface area contributed by atoms with Crippen molar-refractivity contribution in [2.45, 2.75) is 0 Å². The Morgan fingerprint density at radius 1 is 1.60 bits per heavy atom. The Balaban J connectivity index is -0.0000000200. The minimum atomic E-state index is 0. The van der Waals surface area contributed by atoms with Crippen LogP contribution in [0.1, 0.15) is 0 Å². The van der Waals surface area contributed by atoms with Gasteiger partial charge in [0.1, 0.15) is 0 Å². The maximum absolute atomic E-state index is 2.55. The van der Waals surface area contributed by atoms with Gasteiger partial charge in [0.25, 0.3) is 0 Å². The van der Waals surface area contributed by atoms with Crippen LogP contribution in [-0.4, -0.2) is 8.80 Å². The molecule has 5 heteroatoms. The first-order valence-electron chi connectivity index (χ1n) is 0.531. The van der Waals surface area contributed by atoms with Crippen molar-refractivity contribution in [3.63, 3.8) is 0 Å². The summed E-state index contributed by atoms with van der Waals surface area (Å²) in [5.41, 5.74) is 0. The van der Waals surface area contributed by atoms with Gasteiger partial charge in [-0.05, 0) is 0 Å². The standard InChI is InChI=1S/Au.Cr.Cu.Ni.H3Si/h;;;;1H3.